The van der Waals surface area contributed by atoms with Gasteiger partial charge in [-0.2, -0.15) is 0 Å². The molecule has 2 N–H and O–H groups in total. The standard InChI is InChI=1S/C16H33O5P/c1-2-3-4-5-6-7-8-9-10-11-12-14-20-15-13-16-21-22(17,18)19/h13,16H,2-12,14-15H2,1H3,(H2,17,18,19). The molecule has 0 aliphatic heterocycles. The zero-order valence-electron chi connectivity index (χ0n) is 13.9. The third kappa shape index (κ3) is 19.7. The highest BCUT2D eigenvalue weighted by atomic mass is 31.2. The second-order valence-electron chi connectivity index (χ2n) is 5.58. The van der Waals surface area contributed by atoms with E-state index in [0.717, 1.165) is 12.7 Å². The summed E-state index contributed by atoms with van der Waals surface area (Å²) >= 11 is 0. The predicted octanol–water partition coefficient (Wildman–Crippen LogP) is 4.94. The number of ether oxygens (including phenoxy) is 1. The Balaban J connectivity index is 3.10. The van der Waals surface area contributed by atoms with Gasteiger partial charge in [0.1, 0.15) is 0 Å². The predicted molar refractivity (Wildman–Crippen MR) is 89.5 cm³/mol. The lowest BCUT2D eigenvalue weighted by molar-refractivity contribution is 0.155. The van der Waals surface area contributed by atoms with Crippen LogP contribution in [-0.2, 0) is 13.8 Å². The smallest absolute Gasteiger partial charge is 0.412 e. The van der Waals surface area contributed by atoms with Crippen molar-refractivity contribution < 1.29 is 23.6 Å². The van der Waals surface area contributed by atoms with Gasteiger partial charge < -0.3 is 9.26 Å². The van der Waals surface area contributed by atoms with Crippen molar-refractivity contribution in [1.82, 2.24) is 0 Å². The maximum atomic E-state index is 10.4. The number of phosphoric ester groups is 1. The van der Waals surface area contributed by atoms with E-state index in [1.807, 2.05) is 0 Å². The first kappa shape index (κ1) is 21.6. The van der Waals surface area contributed by atoms with E-state index in [1.54, 1.807) is 0 Å². The summed E-state index contributed by atoms with van der Waals surface area (Å²) in [6.07, 6.45) is 16.8. The van der Waals surface area contributed by atoms with Crippen LogP contribution in [-0.4, -0.2) is 23.0 Å². The van der Waals surface area contributed by atoms with Crippen LogP contribution in [0.3, 0.4) is 0 Å². The maximum Gasteiger partial charge on any atom is 0.524 e. The molecule has 0 spiro atoms. The van der Waals surface area contributed by atoms with Crippen molar-refractivity contribution in [3.8, 4) is 0 Å². The van der Waals surface area contributed by atoms with Gasteiger partial charge in [-0.1, -0.05) is 71.1 Å². The van der Waals surface area contributed by atoms with E-state index in [4.69, 9.17) is 14.5 Å². The van der Waals surface area contributed by atoms with Crippen molar-refractivity contribution in [1.29, 1.82) is 0 Å². The second kappa shape index (κ2) is 15.5. The van der Waals surface area contributed by atoms with E-state index in [9.17, 15) is 4.57 Å². The molecule has 0 bridgehead atoms. The highest BCUT2D eigenvalue weighted by Gasteiger charge is 2.10. The molecule has 0 unspecified atom stereocenters. The van der Waals surface area contributed by atoms with Crippen LogP contribution in [0.4, 0.5) is 0 Å². The van der Waals surface area contributed by atoms with Crippen LogP contribution in [0.1, 0.15) is 77.6 Å². The Morgan fingerprint density at radius 3 is 1.86 bits per heavy atom. The molecule has 0 aliphatic carbocycles. The molecule has 0 amide bonds. The minimum atomic E-state index is -4.40. The Morgan fingerprint density at radius 2 is 1.36 bits per heavy atom. The Labute approximate surface area is 135 Å². The number of hydrogen-bond donors (Lipinski definition) is 2. The number of hydrogen-bond acceptors (Lipinski definition) is 3. The molecule has 0 heterocycles. The second-order valence-corrected chi connectivity index (χ2v) is 6.77. The van der Waals surface area contributed by atoms with Crippen molar-refractivity contribution in [2.75, 3.05) is 13.2 Å². The van der Waals surface area contributed by atoms with E-state index in [0.29, 0.717) is 13.2 Å². The van der Waals surface area contributed by atoms with Crippen LogP contribution in [0.5, 0.6) is 0 Å². The summed E-state index contributed by atoms with van der Waals surface area (Å²) in [5, 5.41) is 0. The minimum Gasteiger partial charge on any atom is -0.412 e. The SMILES string of the molecule is CCCCCCCCCCCCCOCC=COP(=O)(O)O. The van der Waals surface area contributed by atoms with Gasteiger partial charge in [0, 0.05) is 6.61 Å². The molecule has 0 aromatic heterocycles. The highest BCUT2D eigenvalue weighted by molar-refractivity contribution is 7.46. The van der Waals surface area contributed by atoms with E-state index < -0.39 is 7.82 Å². The summed E-state index contributed by atoms with van der Waals surface area (Å²) in [5.41, 5.74) is 0. The highest BCUT2D eigenvalue weighted by Crippen LogP contribution is 2.35. The summed E-state index contributed by atoms with van der Waals surface area (Å²) in [7, 11) is -4.40. The zero-order chi connectivity index (χ0) is 16.5. The van der Waals surface area contributed by atoms with Crippen molar-refractivity contribution in [3.05, 3.63) is 12.3 Å². The molecule has 22 heavy (non-hydrogen) atoms. The molecular formula is C16H33O5P. The molecule has 0 atom stereocenters. The first-order valence-corrected chi connectivity index (χ1v) is 10.1. The molecule has 0 fully saturated rings. The molecule has 132 valence electrons. The van der Waals surface area contributed by atoms with Gasteiger partial charge in [0.15, 0.2) is 0 Å². The Kier molecular flexibility index (Phi) is 15.3. The molecule has 0 aromatic carbocycles. The Morgan fingerprint density at radius 1 is 0.864 bits per heavy atom. The van der Waals surface area contributed by atoms with Crippen molar-refractivity contribution in [2.24, 2.45) is 0 Å². The molecule has 0 rings (SSSR count). The van der Waals surface area contributed by atoms with Gasteiger partial charge in [-0.3, -0.25) is 9.79 Å². The average Bonchev–Trinajstić information content (AvgIpc) is 2.45. The first-order valence-electron chi connectivity index (χ1n) is 8.53. The third-order valence-corrected chi connectivity index (χ3v) is 3.80. The van der Waals surface area contributed by atoms with Gasteiger partial charge >= 0.3 is 7.82 Å². The van der Waals surface area contributed by atoms with Crippen molar-refractivity contribution >= 4 is 7.82 Å². The monoisotopic (exact) mass is 336 g/mol. The summed E-state index contributed by atoms with van der Waals surface area (Å²) in [5.74, 6) is 0. The fourth-order valence-corrected chi connectivity index (χ4v) is 2.43. The van der Waals surface area contributed by atoms with E-state index in [1.165, 1.54) is 70.3 Å². The normalized spacial score (nSPS) is 12.1. The molecule has 0 radical (unpaired) electrons. The zero-order valence-corrected chi connectivity index (χ0v) is 14.8. The average molecular weight is 336 g/mol. The summed E-state index contributed by atoms with van der Waals surface area (Å²) < 4.78 is 19.8. The van der Waals surface area contributed by atoms with Crippen LogP contribution >= 0.6 is 7.82 Å². The maximum absolute atomic E-state index is 10.4. The lowest BCUT2D eigenvalue weighted by Crippen LogP contribution is -1.94. The molecule has 0 saturated heterocycles. The number of unbranched alkanes of at least 4 members (excludes halogenated alkanes) is 10. The first-order chi connectivity index (χ1) is 10.6. The Bertz CT molecular complexity index is 301. The molecule has 0 saturated carbocycles. The van der Waals surface area contributed by atoms with Crippen LogP contribution in [0.2, 0.25) is 0 Å². The van der Waals surface area contributed by atoms with Crippen molar-refractivity contribution in [3.63, 3.8) is 0 Å². The van der Waals surface area contributed by atoms with E-state index in [2.05, 4.69) is 11.4 Å². The summed E-state index contributed by atoms with van der Waals surface area (Å²) in [6, 6.07) is 0. The molecule has 0 aliphatic rings. The fourth-order valence-electron chi connectivity index (χ4n) is 2.18. The molecular weight excluding hydrogens is 303 g/mol. The summed E-state index contributed by atoms with van der Waals surface area (Å²) in [6.45, 7) is 3.24. The number of rotatable bonds is 16. The lowest BCUT2D eigenvalue weighted by atomic mass is 10.1. The van der Waals surface area contributed by atoms with Crippen LogP contribution in [0.15, 0.2) is 12.3 Å². The van der Waals surface area contributed by atoms with Crippen LogP contribution < -0.4 is 0 Å². The Hall–Kier alpha value is -0.350. The van der Waals surface area contributed by atoms with Gasteiger partial charge in [0.25, 0.3) is 0 Å². The van der Waals surface area contributed by atoms with Gasteiger partial charge in [-0.05, 0) is 12.5 Å². The van der Waals surface area contributed by atoms with Gasteiger partial charge in [-0.25, -0.2) is 4.57 Å². The number of phosphoric acid groups is 1. The fraction of sp³-hybridized carbons (Fsp3) is 0.875. The van der Waals surface area contributed by atoms with Crippen molar-refractivity contribution in [2.45, 2.75) is 77.6 Å². The molecule has 6 heteroatoms. The largest absolute Gasteiger partial charge is 0.524 e. The summed E-state index contributed by atoms with van der Waals surface area (Å²) in [4.78, 5) is 16.9. The van der Waals surface area contributed by atoms with E-state index in [-0.39, 0.29) is 0 Å². The quantitative estimate of drug-likeness (QED) is 0.237. The van der Waals surface area contributed by atoms with Gasteiger partial charge in [0.2, 0.25) is 0 Å². The molecule has 5 nitrogen and oxygen atoms in total. The molecule has 0 aromatic rings. The third-order valence-electron chi connectivity index (χ3n) is 3.40. The topological polar surface area (TPSA) is 76.0 Å². The van der Waals surface area contributed by atoms with E-state index >= 15 is 0 Å². The lowest BCUT2D eigenvalue weighted by Gasteiger charge is -2.03. The van der Waals surface area contributed by atoms with Gasteiger partial charge in [-0.15, -0.1) is 0 Å². The van der Waals surface area contributed by atoms with Crippen LogP contribution in [0.25, 0.3) is 0 Å². The van der Waals surface area contributed by atoms with Crippen LogP contribution in [0, 0.1) is 0 Å². The van der Waals surface area contributed by atoms with Gasteiger partial charge in [0.05, 0.1) is 12.9 Å². The minimum absolute atomic E-state index is 0.317.